The van der Waals surface area contributed by atoms with Gasteiger partial charge in [-0.25, -0.2) is 0 Å². The van der Waals surface area contributed by atoms with Crippen molar-refractivity contribution in [2.75, 3.05) is 25.0 Å². The van der Waals surface area contributed by atoms with E-state index in [1.54, 1.807) is 0 Å². The molecule has 1 N–H and O–H groups in total. The van der Waals surface area contributed by atoms with Gasteiger partial charge in [0.15, 0.2) is 0 Å². The van der Waals surface area contributed by atoms with Crippen LogP contribution in [0.15, 0.2) is 54.6 Å². The van der Waals surface area contributed by atoms with Crippen LogP contribution >= 0.6 is 0 Å². The molecule has 1 heterocycles. The average Bonchev–Trinajstić information content (AvgIpc) is 3.05. The highest BCUT2D eigenvalue weighted by molar-refractivity contribution is 5.56. The molecule has 2 aromatic carbocycles. The van der Waals surface area contributed by atoms with Crippen LogP contribution in [0.3, 0.4) is 0 Å². The van der Waals surface area contributed by atoms with Gasteiger partial charge in [0.1, 0.15) is 0 Å². The summed E-state index contributed by atoms with van der Waals surface area (Å²) in [6, 6.07) is 20.1. The Morgan fingerprint density at radius 2 is 1.76 bits per heavy atom. The second-order valence-electron chi connectivity index (χ2n) is 5.91. The van der Waals surface area contributed by atoms with Gasteiger partial charge >= 0.3 is 0 Å². The van der Waals surface area contributed by atoms with E-state index in [2.05, 4.69) is 71.7 Å². The normalized spacial score (nSPS) is 19.7. The number of benzene rings is 2. The molecule has 110 valence electrons. The molecular weight excluding hydrogens is 256 g/mol. The van der Waals surface area contributed by atoms with E-state index in [-0.39, 0.29) is 0 Å². The molecule has 0 radical (unpaired) electrons. The largest absolute Gasteiger partial charge is 0.371 e. The molecule has 2 aromatic rings. The van der Waals surface area contributed by atoms with Crippen LogP contribution in [0, 0.1) is 0 Å². The maximum absolute atomic E-state index is 3.36. The fraction of sp³-hybridized carbons (Fsp3) is 0.368. The van der Waals surface area contributed by atoms with Crippen molar-refractivity contribution in [3.05, 3.63) is 65.7 Å². The van der Waals surface area contributed by atoms with E-state index in [4.69, 9.17) is 0 Å². The maximum Gasteiger partial charge on any atom is 0.0414 e. The molecule has 1 aliphatic rings. The molecule has 0 aromatic heterocycles. The van der Waals surface area contributed by atoms with Crippen molar-refractivity contribution in [3.8, 4) is 0 Å². The fourth-order valence-corrected chi connectivity index (χ4v) is 3.27. The zero-order chi connectivity index (χ0) is 14.7. The lowest BCUT2D eigenvalue weighted by atomic mass is 9.99. The van der Waals surface area contributed by atoms with Crippen LogP contribution in [0.5, 0.6) is 0 Å². The Balaban J connectivity index is 1.81. The van der Waals surface area contributed by atoms with Gasteiger partial charge in [0.05, 0.1) is 0 Å². The highest BCUT2D eigenvalue weighted by Gasteiger charge is 2.25. The number of nitrogens with one attached hydrogen (secondary N) is 1. The number of anilines is 1. The standard InChI is InChI=1S/C19H24N2/c1-15(20-2)18-10-6-7-11-19(18)21-13-12-17(14-21)16-8-4-3-5-9-16/h3-11,15,17,20H,12-14H2,1-2H3. The summed E-state index contributed by atoms with van der Waals surface area (Å²) >= 11 is 0. The van der Waals surface area contributed by atoms with Gasteiger partial charge in [-0.2, -0.15) is 0 Å². The third kappa shape index (κ3) is 2.96. The van der Waals surface area contributed by atoms with E-state index in [9.17, 15) is 0 Å². The molecule has 0 bridgehead atoms. The Labute approximate surface area is 127 Å². The summed E-state index contributed by atoms with van der Waals surface area (Å²) in [6.45, 7) is 4.49. The summed E-state index contributed by atoms with van der Waals surface area (Å²) in [4.78, 5) is 2.54. The highest BCUT2D eigenvalue weighted by Crippen LogP contribution is 2.34. The zero-order valence-corrected chi connectivity index (χ0v) is 12.9. The molecule has 0 saturated carbocycles. The Morgan fingerprint density at radius 3 is 2.52 bits per heavy atom. The topological polar surface area (TPSA) is 15.3 Å². The number of hydrogen-bond donors (Lipinski definition) is 1. The first-order valence-corrected chi connectivity index (χ1v) is 7.85. The zero-order valence-electron chi connectivity index (χ0n) is 12.9. The van der Waals surface area contributed by atoms with Gasteiger partial charge in [0, 0.05) is 30.7 Å². The van der Waals surface area contributed by atoms with Gasteiger partial charge in [-0.3, -0.25) is 0 Å². The fourth-order valence-electron chi connectivity index (χ4n) is 3.27. The predicted molar refractivity (Wildman–Crippen MR) is 89.9 cm³/mol. The van der Waals surface area contributed by atoms with Gasteiger partial charge in [-0.05, 0) is 37.6 Å². The highest BCUT2D eigenvalue weighted by atomic mass is 15.2. The smallest absolute Gasteiger partial charge is 0.0414 e. The van der Waals surface area contributed by atoms with Gasteiger partial charge in [-0.1, -0.05) is 48.5 Å². The van der Waals surface area contributed by atoms with Gasteiger partial charge in [-0.15, -0.1) is 0 Å². The molecule has 1 fully saturated rings. The molecule has 0 aliphatic carbocycles. The van der Waals surface area contributed by atoms with E-state index in [0.29, 0.717) is 12.0 Å². The second kappa shape index (κ2) is 6.31. The van der Waals surface area contributed by atoms with Crippen molar-refractivity contribution < 1.29 is 0 Å². The molecule has 21 heavy (non-hydrogen) atoms. The van der Waals surface area contributed by atoms with Crippen LogP contribution in [0.2, 0.25) is 0 Å². The Hall–Kier alpha value is -1.80. The summed E-state index contributed by atoms with van der Waals surface area (Å²) in [5.41, 5.74) is 4.26. The van der Waals surface area contributed by atoms with Crippen LogP contribution in [0.1, 0.15) is 36.4 Å². The summed E-state index contributed by atoms with van der Waals surface area (Å²) < 4.78 is 0. The summed E-state index contributed by atoms with van der Waals surface area (Å²) in [5.74, 6) is 0.657. The molecule has 0 spiro atoms. The molecule has 3 rings (SSSR count). The van der Waals surface area contributed by atoms with Crippen LogP contribution < -0.4 is 10.2 Å². The first kappa shape index (κ1) is 14.2. The van der Waals surface area contributed by atoms with Crippen molar-refractivity contribution in [2.45, 2.75) is 25.3 Å². The van der Waals surface area contributed by atoms with Crippen LogP contribution in [-0.2, 0) is 0 Å². The van der Waals surface area contributed by atoms with Gasteiger partial charge in [0.2, 0.25) is 0 Å². The van der Waals surface area contributed by atoms with E-state index in [1.807, 2.05) is 7.05 Å². The minimum Gasteiger partial charge on any atom is -0.371 e. The van der Waals surface area contributed by atoms with Crippen molar-refractivity contribution in [3.63, 3.8) is 0 Å². The Kier molecular flexibility index (Phi) is 4.26. The van der Waals surface area contributed by atoms with Crippen molar-refractivity contribution >= 4 is 5.69 Å². The van der Waals surface area contributed by atoms with E-state index < -0.39 is 0 Å². The summed E-state index contributed by atoms with van der Waals surface area (Å²) in [6.07, 6.45) is 1.24. The van der Waals surface area contributed by atoms with E-state index in [1.165, 1.54) is 23.2 Å². The second-order valence-corrected chi connectivity index (χ2v) is 5.91. The quantitative estimate of drug-likeness (QED) is 0.912. The van der Waals surface area contributed by atoms with Crippen molar-refractivity contribution in [1.82, 2.24) is 5.32 Å². The van der Waals surface area contributed by atoms with Crippen molar-refractivity contribution in [2.24, 2.45) is 0 Å². The number of nitrogens with zero attached hydrogens (tertiary/aromatic N) is 1. The molecule has 2 atom stereocenters. The number of hydrogen-bond acceptors (Lipinski definition) is 2. The lowest BCUT2D eigenvalue weighted by molar-refractivity contribution is 0.650. The Morgan fingerprint density at radius 1 is 1.05 bits per heavy atom. The first-order valence-electron chi connectivity index (χ1n) is 7.85. The molecule has 1 aliphatic heterocycles. The van der Waals surface area contributed by atoms with Gasteiger partial charge < -0.3 is 10.2 Å². The monoisotopic (exact) mass is 280 g/mol. The molecule has 2 heteroatoms. The Bertz CT molecular complexity index is 579. The summed E-state index contributed by atoms with van der Waals surface area (Å²) in [7, 11) is 2.03. The lowest BCUT2D eigenvalue weighted by Crippen LogP contribution is -2.23. The third-order valence-electron chi connectivity index (χ3n) is 4.64. The van der Waals surface area contributed by atoms with E-state index in [0.717, 1.165) is 13.1 Å². The van der Waals surface area contributed by atoms with E-state index >= 15 is 0 Å². The first-order chi connectivity index (χ1) is 10.3. The predicted octanol–water partition coefficient (Wildman–Crippen LogP) is 3.96. The van der Waals surface area contributed by atoms with Crippen LogP contribution in [0.25, 0.3) is 0 Å². The van der Waals surface area contributed by atoms with Crippen LogP contribution in [0.4, 0.5) is 5.69 Å². The van der Waals surface area contributed by atoms with Gasteiger partial charge in [0.25, 0.3) is 0 Å². The average molecular weight is 280 g/mol. The third-order valence-corrected chi connectivity index (χ3v) is 4.64. The van der Waals surface area contributed by atoms with Crippen molar-refractivity contribution in [1.29, 1.82) is 0 Å². The maximum atomic E-state index is 3.36. The molecule has 0 amide bonds. The molecular formula is C19H24N2. The minimum atomic E-state index is 0.386. The SMILES string of the molecule is CNC(C)c1ccccc1N1CCC(c2ccccc2)C1. The molecule has 2 unspecified atom stereocenters. The lowest BCUT2D eigenvalue weighted by Gasteiger charge is -2.25. The summed E-state index contributed by atoms with van der Waals surface area (Å²) in [5, 5.41) is 3.36. The number of para-hydroxylation sites is 1. The molecule has 1 saturated heterocycles. The van der Waals surface area contributed by atoms with Crippen LogP contribution in [-0.4, -0.2) is 20.1 Å². The minimum absolute atomic E-state index is 0.386. The number of rotatable bonds is 4. The molecule has 2 nitrogen and oxygen atoms in total.